The van der Waals surface area contributed by atoms with Crippen LogP contribution in [0.15, 0.2) is 53.4 Å². The zero-order valence-electron chi connectivity index (χ0n) is 16.8. The molecule has 2 aromatic carbocycles. The average Bonchev–Trinajstić information content (AvgIpc) is 2.69. The van der Waals surface area contributed by atoms with Gasteiger partial charge in [-0.2, -0.15) is 4.31 Å². The molecule has 0 spiro atoms. The molecule has 0 aliphatic carbocycles. The molecule has 2 aromatic rings. The Labute approximate surface area is 168 Å². The first-order valence-electron chi connectivity index (χ1n) is 9.72. The van der Waals surface area contributed by atoms with Crippen LogP contribution in [0.4, 0.5) is 0 Å². The van der Waals surface area contributed by atoms with Crippen molar-refractivity contribution in [2.24, 2.45) is 0 Å². The Hall–Kier alpha value is -2.18. The van der Waals surface area contributed by atoms with Crippen molar-refractivity contribution in [2.75, 3.05) is 13.6 Å². The van der Waals surface area contributed by atoms with Crippen LogP contribution < -0.4 is 0 Å². The molecule has 1 aliphatic rings. The average molecular weight is 401 g/mol. The number of carbonyl (C=O) groups excluding carboxylic acids is 1. The van der Waals surface area contributed by atoms with E-state index >= 15 is 0 Å². The molecule has 1 amide bonds. The first-order valence-corrected chi connectivity index (χ1v) is 11.2. The summed E-state index contributed by atoms with van der Waals surface area (Å²) in [5.41, 5.74) is 2.59. The van der Waals surface area contributed by atoms with Crippen LogP contribution in [0, 0.1) is 6.92 Å². The zero-order chi connectivity index (χ0) is 20.3. The van der Waals surface area contributed by atoms with Crippen molar-refractivity contribution in [1.82, 2.24) is 9.21 Å². The molecule has 0 bridgehead atoms. The van der Waals surface area contributed by atoms with Crippen LogP contribution in [0.5, 0.6) is 0 Å². The summed E-state index contributed by atoms with van der Waals surface area (Å²) in [6.45, 7) is 4.98. The van der Waals surface area contributed by atoms with Gasteiger partial charge in [0, 0.05) is 31.7 Å². The third-order valence-corrected chi connectivity index (χ3v) is 7.45. The van der Waals surface area contributed by atoms with E-state index in [9.17, 15) is 13.2 Å². The summed E-state index contributed by atoms with van der Waals surface area (Å²) in [5, 5.41) is 0. The van der Waals surface area contributed by atoms with Crippen molar-refractivity contribution in [3.8, 4) is 0 Å². The van der Waals surface area contributed by atoms with E-state index in [0.717, 1.165) is 30.4 Å². The molecule has 1 saturated heterocycles. The van der Waals surface area contributed by atoms with E-state index in [4.69, 9.17) is 0 Å². The van der Waals surface area contributed by atoms with Gasteiger partial charge in [-0.05, 0) is 56.0 Å². The summed E-state index contributed by atoms with van der Waals surface area (Å²) < 4.78 is 27.7. The summed E-state index contributed by atoms with van der Waals surface area (Å²) >= 11 is 0. The topological polar surface area (TPSA) is 57.7 Å². The number of hydrogen-bond donors (Lipinski definition) is 0. The molecule has 1 aliphatic heterocycles. The summed E-state index contributed by atoms with van der Waals surface area (Å²) in [6.07, 6.45) is 2.80. The van der Waals surface area contributed by atoms with Gasteiger partial charge in [0.25, 0.3) is 5.91 Å². The molecule has 28 heavy (non-hydrogen) atoms. The molecule has 1 heterocycles. The van der Waals surface area contributed by atoms with Gasteiger partial charge < -0.3 is 4.90 Å². The van der Waals surface area contributed by atoms with Gasteiger partial charge in [0.2, 0.25) is 10.0 Å². The van der Waals surface area contributed by atoms with Crippen LogP contribution in [-0.4, -0.2) is 43.2 Å². The van der Waals surface area contributed by atoms with Crippen molar-refractivity contribution in [2.45, 2.75) is 50.6 Å². The summed E-state index contributed by atoms with van der Waals surface area (Å²) in [6, 6.07) is 14.3. The molecule has 0 radical (unpaired) electrons. The van der Waals surface area contributed by atoms with Crippen LogP contribution in [0.3, 0.4) is 0 Å². The summed E-state index contributed by atoms with van der Waals surface area (Å²) in [5.74, 6) is -0.188. The van der Waals surface area contributed by atoms with Crippen LogP contribution in [0.25, 0.3) is 0 Å². The SMILES string of the molecule is Cc1ccccc1CN(C)C(=O)c1cccc(S(=O)(=O)N2CCCCC2C)c1. The minimum absolute atomic E-state index is 0.0122. The second-order valence-corrected chi connectivity index (χ2v) is 9.47. The van der Waals surface area contributed by atoms with E-state index < -0.39 is 10.0 Å². The maximum atomic E-state index is 13.1. The molecule has 1 fully saturated rings. The number of nitrogens with zero attached hydrogens (tertiary/aromatic N) is 2. The zero-order valence-corrected chi connectivity index (χ0v) is 17.6. The van der Waals surface area contributed by atoms with Crippen molar-refractivity contribution in [1.29, 1.82) is 0 Å². The van der Waals surface area contributed by atoms with Crippen molar-refractivity contribution in [3.63, 3.8) is 0 Å². The minimum Gasteiger partial charge on any atom is -0.337 e. The van der Waals surface area contributed by atoms with Crippen molar-refractivity contribution in [3.05, 3.63) is 65.2 Å². The number of sulfonamides is 1. The second-order valence-electron chi connectivity index (χ2n) is 7.58. The van der Waals surface area contributed by atoms with Gasteiger partial charge in [-0.15, -0.1) is 0 Å². The number of hydrogen-bond acceptors (Lipinski definition) is 3. The third kappa shape index (κ3) is 4.28. The van der Waals surface area contributed by atoms with Gasteiger partial charge in [0.1, 0.15) is 0 Å². The standard InChI is InChI=1S/C22H28N2O3S/c1-17-9-4-5-11-20(17)16-23(3)22(25)19-12-8-13-21(15-19)28(26,27)24-14-7-6-10-18(24)2/h4-5,8-9,11-13,15,18H,6-7,10,14,16H2,1-3H3. The van der Waals surface area contributed by atoms with E-state index in [1.165, 1.54) is 6.07 Å². The van der Waals surface area contributed by atoms with Crippen LogP contribution in [0.1, 0.15) is 47.7 Å². The fourth-order valence-electron chi connectivity index (χ4n) is 3.69. The molecular weight excluding hydrogens is 372 g/mol. The van der Waals surface area contributed by atoms with E-state index in [0.29, 0.717) is 18.7 Å². The lowest BCUT2D eigenvalue weighted by molar-refractivity contribution is 0.0784. The van der Waals surface area contributed by atoms with Crippen molar-refractivity contribution >= 4 is 15.9 Å². The lowest BCUT2D eigenvalue weighted by Crippen LogP contribution is -2.42. The first-order chi connectivity index (χ1) is 13.3. The Balaban J connectivity index is 1.82. The molecule has 3 rings (SSSR count). The van der Waals surface area contributed by atoms with Crippen molar-refractivity contribution < 1.29 is 13.2 Å². The Morgan fingerprint density at radius 3 is 2.61 bits per heavy atom. The Morgan fingerprint density at radius 1 is 1.14 bits per heavy atom. The maximum Gasteiger partial charge on any atom is 0.253 e. The highest BCUT2D eigenvalue weighted by Gasteiger charge is 2.31. The fourth-order valence-corrected chi connectivity index (χ4v) is 5.43. The normalized spacial score (nSPS) is 18.0. The van der Waals surface area contributed by atoms with Gasteiger partial charge in [0.05, 0.1) is 4.90 Å². The van der Waals surface area contributed by atoms with Crippen LogP contribution in [-0.2, 0) is 16.6 Å². The van der Waals surface area contributed by atoms with E-state index in [1.807, 2.05) is 38.1 Å². The van der Waals surface area contributed by atoms with Crippen LogP contribution in [0.2, 0.25) is 0 Å². The molecule has 1 atom stereocenters. The molecule has 0 aromatic heterocycles. The predicted octanol–water partition coefficient (Wildman–Crippen LogP) is 3.83. The number of benzene rings is 2. The maximum absolute atomic E-state index is 13.1. The highest BCUT2D eigenvalue weighted by atomic mass is 32.2. The third-order valence-electron chi connectivity index (χ3n) is 5.45. The Bertz CT molecular complexity index is 956. The molecule has 1 unspecified atom stereocenters. The molecule has 0 N–H and O–H groups in total. The predicted molar refractivity (Wildman–Crippen MR) is 111 cm³/mol. The molecule has 6 heteroatoms. The fraction of sp³-hybridized carbons (Fsp3) is 0.409. The lowest BCUT2D eigenvalue weighted by Gasteiger charge is -2.32. The van der Waals surface area contributed by atoms with Gasteiger partial charge in [0.15, 0.2) is 0 Å². The number of piperidine rings is 1. The first kappa shape index (κ1) is 20.6. The summed E-state index contributed by atoms with van der Waals surface area (Å²) in [4.78, 5) is 14.7. The van der Waals surface area contributed by atoms with E-state index in [1.54, 1.807) is 34.5 Å². The number of aryl methyl sites for hydroxylation is 1. The number of amides is 1. The molecular formula is C22H28N2O3S. The highest BCUT2D eigenvalue weighted by Crippen LogP contribution is 2.26. The smallest absolute Gasteiger partial charge is 0.253 e. The van der Waals surface area contributed by atoms with Gasteiger partial charge in [-0.1, -0.05) is 36.8 Å². The lowest BCUT2D eigenvalue weighted by atomic mass is 10.1. The van der Waals surface area contributed by atoms with Gasteiger partial charge >= 0.3 is 0 Å². The van der Waals surface area contributed by atoms with Gasteiger partial charge in [-0.25, -0.2) is 8.42 Å². The second kappa shape index (κ2) is 8.45. The van der Waals surface area contributed by atoms with E-state index in [-0.39, 0.29) is 16.8 Å². The molecule has 0 saturated carbocycles. The Morgan fingerprint density at radius 2 is 1.89 bits per heavy atom. The number of rotatable bonds is 5. The largest absolute Gasteiger partial charge is 0.337 e. The van der Waals surface area contributed by atoms with Crippen LogP contribution >= 0.6 is 0 Å². The Kier molecular flexibility index (Phi) is 6.20. The minimum atomic E-state index is -3.60. The van der Waals surface area contributed by atoms with Gasteiger partial charge in [-0.3, -0.25) is 4.79 Å². The number of carbonyl (C=O) groups is 1. The molecule has 150 valence electrons. The summed E-state index contributed by atoms with van der Waals surface area (Å²) in [7, 11) is -1.86. The quantitative estimate of drug-likeness (QED) is 0.766. The monoisotopic (exact) mass is 400 g/mol. The van der Waals surface area contributed by atoms with E-state index in [2.05, 4.69) is 0 Å². The highest BCUT2D eigenvalue weighted by molar-refractivity contribution is 7.89. The molecule has 5 nitrogen and oxygen atoms in total.